The quantitative estimate of drug-likeness (QED) is 0.428. The molecule has 1 aromatic carbocycles. The van der Waals surface area contributed by atoms with E-state index in [0.29, 0.717) is 5.91 Å². The van der Waals surface area contributed by atoms with Crippen LogP contribution >= 0.6 is 11.6 Å². The maximum absolute atomic E-state index is 12.7. The molecule has 0 N–H and O–H groups in total. The number of fused-ring (bicyclic) bond motifs is 1. The summed E-state index contributed by atoms with van der Waals surface area (Å²) in [4.78, 5) is 22.4. The van der Waals surface area contributed by atoms with Gasteiger partial charge in [0, 0.05) is 55.4 Å². The Labute approximate surface area is 218 Å². The summed E-state index contributed by atoms with van der Waals surface area (Å²) in [5.74, 6) is 0.642. The lowest BCUT2D eigenvalue weighted by molar-refractivity contribution is -0.140. The Kier molecular flexibility index (Phi) is 6.44. The van der Waals surface area contributed by atoms with Crippen molar-refractivity contribution in [3.63, 3.8) is 0 Å². The second kappa shape index (κ2) is 9.87. The molecular weight excluding hydrogens is 468 g/mol. The zero-order chi connectivity index (χ0) is 24.6. The topological polar surface area (TPSA) is 40.9 Å². The molecule has 186 valence electrons. The molecule has 3 heterocycles. The molecule has 6 rings (SSSR count). The zero-order valence-electron chi connectivity index (χ0n) is 20.9. The first-order valence-corrected chi connectivity index (χ1v) is 13.6. The van der Waals surface area contributed by atoms with E-state index >= 15 is 0 Å². The monoisotopic (exact) mass is 500 g/mol. The highest BCUT2D eigenvalue weighted by molar-refractivity contribution is 6.33. The van der Waals surface area contributed by atoms with Gasteiger partial charge in [-0.3, -0.25) is 9.69 Å². The van der Waals surface area contributed by atoms with E-state index in [1.807, 2.05) is 0 Å². The van der Waals surface area contributed by atoms with Crippen molar-refractivity contribution in [1.29, 1.82) is 0 Å². The Hall–Kier alpha value is -2.89. The number of hydrogen-bond donors (Lipinski definition) is 0. The Bertz CT molecular complexity index is 1340. The number of carbonyl (C=O) groups is 1. The normalized spacial score (nSPS) is 19.2. The summed E-state index contributed by atoms with van der Waals surface area (Å²) in [7, 11) is 0. The number of rotatable bonds is 5. The van der Waals surface area contributed by atoms with Crippen LogP contribution in [-0.2, 0) is 11.3 Å². The molecule has 5 nitrogen and oxygen atoms in total. The molecule has 3 aliphatic rings. The number of piperazine rings is 1. The third-order valence-corrected chi connectivity index (χ3v) is 8.37. The van der Waals surface area contributed by atoms with Gasteiger partial charge in [0.05, 0.1) is 11.4 Å². The Morgan fingerprint density at radius 2 is 1.78 bits per heavy atom. The number of aromatic nitrogens is 2. The molecule has 1 saturated carbocycles. The first kappa shape index (κ1) is 23.5. The largest absolute Gasteiger partial charge is 0.340 e. The summed E-state index contributed by atoms with van der Waals surface area (Å²) in [5.41, 5.74) is 7.75. The van der Waals surface area contributed by atoms with Crippen molar-refractivity contribution in [2.24, 2.45) is 5.92 Å². The molecule has 36 heavy (non-hydrogen) atoms. The van der Waals surface area contributed by atoms with Crippen LogP contribution in [0.5, 0.6) is 0 Å². The number of nitrogens with zero attached hydrogens (tertiary/aromatic N) is 4. The number of imidazole rings is 1. The highest BCUT2D eigenvalue weighted by Crippen LogP contribution is 2.33. The van der Waals surface area contributed by atoms with E-state index in [-0.39, 0.29) is 5.92 Å². The van der Waals surface area contributed by atoms with Gasteiger partial charge < -0.3 is 9.30 Å². The van der Waals surface area contributed by atoms with Gasteiger partial charge in [0.1, 0.15) is 5.65 Å². The van der Waals surface area contributed by atoms with Crippen LogP contribution in [0.3, 0.4) is 0 Å². The number of carbonyl (C=O) groups excluding carboxylic acids is 1. The standard InChI is InChI=1S/C30H33ClN4O/c1-21-9-11-22(12-10-21)29-27(20-33-15-17-34(18-16-33)30(36)23-5-4-6-23)35-19-24(13-14-28(35)32-29)25-7-2-3-8-26(25)31/h2,7,9-14,19,23H,3-6,8,15-18,20H2,1H3. The molecule has 3 aromatic rings. The van der Waals surface area contributed by atoms with Crippen molar-refractivity contribution < 1.29 is 4.79 Å². The van der Waals surface area contributed by atoms with Crippen LogP contribution < -0.4 is 0 Å². The predicted molar refractivity (Wildman–Crippen MR) is 146 cm³/mol. The highest BCUT2D eigenvalue weighted by atomic mass is 35.5. The van der Waals surface area contributed by atoms with Gasteiger partial charge in [-0.2, -0.15) is 0 Å². The van der Waals surface area contributed by atoms with Crippen molar-refractivity contribution in [2.45, 2.75) is 45.6 Å². The predicted octanol–water partition coefficient (Wildman–Crippen LogP) is 6.05. The van der Waals surface area contributed by atoms with E-state index in [0.717, 1.165) is 91.5 Å². The Morgan fingerprint density at radius 3 is 2.47 bits per heavy atom. The van der Waals surface area contributed by atoms with Crippen LogP contribution in [0.2, 0.25) is 0 Å². The molecule has 1 aliphatic heterocycles. The summed E-state index contributed by atoms with van der Waals surface area (Å²) in [5, 5.41) is 0.921. The van der Waals surface area contributed by atoms with Crippen molar-refractivity contribution in [2.75, 3.05) is 26.2 Å². The number of amides is 1. The first-order chi connectivity index (χ1) is 17.6. The van der Waals surface area contributed by atoms with E-state index in [2.05, 4.69) is 75.9 Å². The maximum atomic E-state index is 12.7. The van der Waals surface area contributed by atoms with Crippen LogP contribution in [0.1, 0.15) is 48.9 Å². The summed E-state index contributed by atoms with van der Waals surface area (Å²) < 4.78 is 2.25. The minimum Gasteiger partial charge on any atom is -0.340 e. The minimum absolute atomic E-state index is 0.275. The lowest BCUT2D eigenvalue weighted by atomic mass is 9.84. The van der Waals surface area contributed by atoms with Gasteiger partial charge in [0.25, 0.3) is 0 Å². The average molecular weight is 501 g/mol. The SMILES string of the molecule is Cc1ccc(-c2nc3ccc(C4=C(Cl)CCC=C4)cn3c2CN2CCN(C(=O)C3CCC3)CC2)cc1. The lowest BCUT2D eigenvalue weighted by Crippen LogP contribution is -2.50. The smallest absolute Gasteiger partial charge is 0.225 e. The minimum atomic E-state index is 0.275. The van der Waals surface area contributed by atoms with Crippen molar-refractivity contribution in [3.8, 4) is 11.3 Å². The molecule has 0 spiro atoms. The van der Waals surface area contributed by atoms with E-state index < -0.39 is 0 Å². The van der Waals surface area contributed by atoms with Gasteiger partial charge in [0.15, 0.2) is 0 Å². The molecule has 2 fully saturated rings. The van der Waals surface area contributed by atoms with Gasteiger partial charge in [-0.1, -0.05) is 60.0 Å². The number of pyridine rings is 1. The van der Waals surface area contributed by atoms with Crippen LogP contribution in [0.4, 0.5) is 0 Å². The van der Waals surface area contributed by atoms with Gasteiger partial charge >= 0.3 is 0 Å². The van der Waals surface area contributed by atoms with Gasteiger partial charge in [-0.05, 0) is 55.9 Å². The van der Waals surface area contributed by atoms with Gasteiger partial charge in [0.2, 0.25) is 5.91 Å². The second-order valence-corrected chi connectivity index (χ2v) is 10.9. The van der Waals surface area contributed by atoms with E-state index in [1.165, 1.54) is 17.7 Å². The molecule has 2 aliphatic carbocycles. The van der Waals surface area contributed by atoms with Crippen molar-refractivity contribution >= 4 is 28.7 Å². The fraction of sp³-hybridized carbons (Fsp3) is 0.400. The molecule has 1 amide bonds. The Morgan fingerprint density at radius 1 is 1.03 bits per heavy atom. The number of hydrogen-bond acceptors (Lipinski definition) is 3. The summed E-state index contributed by atoms with van der Waals surface area (Å²) in [6, 6.07) is 12.9. The summed E-state index contributed by atoms with van der Waals surface area (Å²) in [6.45, 7) is 6.30. The lowest BCUT2D eigenvalue weighted by Gasteiger charge is -2.38. The molecule has 6 heteroatoms. The van der Waals surface area contributed by atoms with Crippen LogP contribution in [0.15, 0.2) is 59.8 Å². The Balaban J connectivity index is 1.32. The van der Waals surface area contributed by atoms with E-state index in [9.17, 15) is 4.79 Å². The van der Waals surface area contributed by atoms with E-state index in [4.69, 9.17) is 16.6 Å². The van der Waals surface area contributed by atoms with Crippen LogP contribution in [0, 0.1) is 12.8 Å². The molecule has 0 atom stereocenters. The molecule has 0 unspecified atom stereocenters. The number of halogens is 1. The van der Waals surface area contributed by atoms with Gasteiger partial charge in [-0.25, -0.2) is 4.98 Å². The van der Waals surface area contributed by atoms with Gasteiger partial charge in [-0.15, -0.1) is 0 Å². The fourth-order valence-electron chi connectivity index (χ4n) is 5.49. The number of benzene rings is 1. The molecule has 0 bridgehead atoms. The average Bonchev–Trinajstić information content (AvgIpc) is 3.21. The first-order valence-electron chi connectivity index (χ1n) is 13.2. The second-order valence-electron chi connectivity index (χ2n) is 10.4. The summed E-state index contributed by atoms with van der Waals surface area (Å²) >= 11 is 6.62. The van der Waals surface area contributed by atoms with Crippen LogP contribution in [0.25, 0.3) is 22.5 Å². The zero-order valence-corrected chi connectivity index (χ0v) is 21.7. The number of allylic oxidation sites excluding steroid dienone is 4. The maximum Gasteiger partial charge on any atom is 0.225 e. The molecule has 1 saturated heterocycles. The molecule has 2 aromatic heterocycles. The molecule has 0 radical (unpaired) electrons. The molecular formula is C30H33ClN4O. The number of aryl methyl sites for hydroxylation is 1. The summed E-state index contributed by atoms with van der Waals surface area (Å²) in [6.07, 6.45) is 11.8. The third-order valence-electron chi connectivity index (χ3n) is 7.97. The highest BCUT2D eigenvalue weighted by Gasteiger charge is 2.31. The third kappa shape index (κ3) is 4.51. The van der Waals surface area contributed by atoms with Crippen LogP contribution in [-0.4, -0.2) is 51.3 Å². The van der Waals surface area contributed by atoms with E-state index in [1.54, 1.807) is 0 Å². The van der Waals surface area contributed by atoms with Crippen molar-refractivity contribution in [3.05, 3.63) is 76.6 Å². The van der Waals surface area contributed by atoms with Crippen molar-refractivity contribution in [1.82, 2.24) is 19.2 Å². The fourth-order valence-corrected chi connectivity index (χ4v) is 5.77.